The summed E-state index contributed by atoms with van der Waals surface area (Å²) < 4.78 is 2.03. The molecule has 5 heteroatoms. The molecule has 0 spiro atoms. The molecule has 25 heavy (non-hydrogen) atoms. The first-order chi connectivity index (χ1) is 12.2. The molecule has 0 atom stereocenters. The predicted molar refractivity (Wildman–Crippen MR) is 98.3 cm³/mol. The van der Waals surface area contributed by atoms with Crippen LogP contribution in [0.4, 0.5) is 0 Å². The van der Waals surface area contributed by atoms with Crippen LogP contribution in [0.3, 0.4) is 0 Å². The van der Waals surface area contributed by atoms with E-state index in [1.165, 1.54) is 48.9 Å². The van der Waals surface area contributed by atoms with E-state index in [9.17, 15) is 0 Å². The maximum absolute atomic E-state index is 4.96. The highest BCUT2D eigenvalue weighted by molar-refractivity contribution is 5.23. The minimum absolute atomic E-state index is 0.597. The molecule has 0 aromatic carbocycles. The van der Waals surface area contributed by atoms with Gasteiger partial charge in [-0.15, -0.1) is 0 Å². The first kappa shape index (κ1) is 16.7. The molecule has 1 aliphatic carbocycles. The van der Waals surface area contributed by atoms with Crippen LogP contribution in [-0.4, -0.2) is 31.2 Å². The van der Waals surface area contributed by atoms with Crippen molar-refractivity contribution in [2.45, 2.75) is 77.9 Å². The number of hydrogen-bond acceptors (Lipinski definition) is 4. The lowest BCUT2D eigenvalue weighted by Gasteiger charge is -2.29. The Kier molecular flexibility index (Phi) is 4.84. The highest BCUT2D eigenvalue weighted by Crippen LogP contribution is 2.31. The maximum Gasteiger partial charge on any atom is 0.131 e. The third-order valence-electron chi connectivity index (χ3n) is 5.77. The lowest BCUT2D eigenvalue weighted by molar-refractivity contribution is 0.241. The average Bonchev–Trinajstić information content (AvgIpc) is 3.02. The maximum atomic E-state index is 4.96. The van der Waals surface area contributed by atoms with Gasteiger partial charge in [-0.2, -0.15) is 5.10 Å². The summed E-state index contributed by atoms with van der Waals surface area (Å²) in [6.45, 7) is 8.17. The van der Waals surface area contributed by atoms with Gasteiger partial charge in [-0.1, -0.05) is 19.3 Å². The molecule has 4 rings (SSSR count). The van der Waals surface area contributed by atoms with Crippen LogP contribution in [0.15, 0.2) is 12.4 Å². The van der Waals surface area contributed by atoms with Gasteiger partial charge in [0.1, 0.15) is 5.82 Å². The molecule has 0 saturated heterocycles. The lowest BCUT2D eigenvalue weighted by atomic mass is 9.88. The Morgan fingerprint density at radius 3 is 2.80 bits per heavy atom. The van der Waals surface area contributed by atoms with Gasteiger partial charge in [0.25, 0.3) is 0 Å². The summed E-state index contributed by atoms with van der Waals surface area (Å²) >= 11 is 0. The van der Waals surface area contributed by atoms with Crippen LogP contribution in [0.25, 0.3) is 0 Å². The van der Waals surface area contributed by atoms with Crippen molar-refractivity contribution in [3.05, 3.63) is 40.7 Å². The molecule has 0 radical (unpaired) electrons. The molecule has 134 valence electrons. The van der Waals surface area contributed by atoms with Crippen LogP contribution < -0.4 is 0 Å². The Morgan fingerprint density at radius 1 is 1.20 bits per heavy atom. The van der Waals surface area contributed by atoms with Crippen LogP contribution in [0.5, 0.6) is 0 Å². The second kappa shape index (κ2) is 7.24. The highest BCUT2D eigenvalue weighted by Gasteiger charge is 2.23. The monoisotopic (exact) mass is 339 g/mol. The van der Waals surface area contributed by atoms with Gasteiger partial charge < -0.3 is 0 Å². The summed E-state index contributed by atoms with van der Waals surface area (Å²) in [5.41, 5.74) is 5.08. The standard InChI is InChI=1S/C20H29N5/c1-3-25-14-18(15(2)23-25)13-24-10-9-19-17(12-24)11-21-20(22-19)16-7-5-4-6-8-16/h11,14,16H,3-10,12-13H2,1-2H3. The van der Waals surface area contributed by atoms with E-state index in [1.807, 2.05) is 4.68 Å². The molecule has 1 fully saturated rings. The van der Waals surface area contributed by atoms with Crippen molar-refractivity contribution in [3.63, 3.8) is 0 Å². The molecule has 2 aromatic heterocycles. The molecular formula is C20H29N5. The van der Waals surface area contributed by atoms with Gasteiger partial charge in [-0.25, -0.2) is 9.97 Å². The van der Waals surface area contributed by atoms with E-state index < -0.39 is 0 Å². The smallest absolute Gasteiger partial charge is 0.131 e. The van der Waals surface area contributed by atoms with E-state index in [-0.39, 0.29) is 0 Å². The van der Waals surface area contributed by atoms with Crippen molar-refractivity contribution in [3.8, 4) is 0 Å². The van der Waals surface area contributed by atoms with Crippen LogP contribution in [0.1, 0.15) is 73.3 Å². The summed E-state index contributed by atoms with van der Waals surface area (Å²) in [5.74, 6) is 1.70. The van der Waals surface area contributed by atoms with Gasteiger partial charge in [0, 0.05) is 67.7 Å². The largest absolute Gasteiger partial charge is 0.294 e. The molecule has 0 amide bonds. The third-order valence-corrected chi connectivity index (χ3v) is 5.77. The Labute approximate surface area is 150 Å². The molecule has 1 aliphatic heterocycles. The minimum Gasteiger partial charge on any atom is -0.294 e. The van der Waals surface area contributed by atoms with Crippen molar-refractivity contribution in [2.75, 3.05) is 6.54 Å². The molecule has 0 bridgehead atoms. The van der Waals surface area contributed by atoms with Crippen molar-refractivity contribution < 1.29 is 0 Å². The van der Waals surface area contributed by atoms with Crippen molar-refractivity contribution in [2.24, 2.45) is 0 Å². The molecule has 5 nitrogen and oxygen atoms in total. The van der Waals surface area contributed by atoms with Crippen LogP contribution in [0, 0.1) is 6.92 Å². The Hall–Kier alpha value is -1.75. The normalized spacial score (nSPS) is 19.1. The van der Waals surface area contributed by atoms with Crippen molar-refractivity contribution in [1.82, 2.24) is 24.6 Å². The average molecular weight is 339 g/mol. The van der Waals surface area contributed by atoms with E-state index >= 15 is 0 Å². The zero-order valence-corrected chi connectivity index (χ0v) is 15.5. The summed E-state index contributed by atoms with van der Waals surface area (Å²) in [6, 6.07) is 0. The Bertz CT molecular complexity index is 730. The third kappa shape index (κ3) is 3.61. The summed E-state index contributed by atoms with van der Waals surface area (Å²) in [6.07, 6.45) is 11.9. The summed E-state index contributed by atoms with van der Waals surface area (Å²) in [7, 11) is 0. The molecule has 2 aromatic rings. The molecular weight excluding hydrogens is 310 g/mol. The van der Waals surface area contributed by atoms with Crippen molar-refractivity contribution in [1.29, 1.82) is 0 Å². The molecule has 3 heterocycles. The van der Waals surface area contributed by atoms with E-state index in [4.69, 9.17) is 9.97 Å². The van der Waals surface area contributed by atoms with E-state index in [1.54, 1.807) is 0 Å². The fourth-order valence-corrected chi connectivity index (χ4v) is 4.20. The Balaban J connectivity index is 1.45. The second-order valence-corrected chi connectivity index (χ2v) is 7.59. The molecule has 1 saturated carbocycles. The van der Waals surface area contributed by atoms with E-state index in [0.717, 1.165) is 44.1 Å². The zero-order chi connectivity index (χ0) is 17.2. The van der Waals surface area contributed by atoms with Gasteiger partial charge in [0.15, 0.2) is 0 Å². The quantitative estimate of drug-likeness (QED) is 0.854. The van der Waals surface area contributed by atoms with Crippen molar-refractivity contribution >= 4 is 0 Å². The van der Waals surface area contributed by atoms with Crippen LogP contribution in [0.2, 0.25) is 0 Å². The Morgan fingerprint density at radius 2 is 2.04 bits per heavy atom. The zero-order valence-electron chi connectivity index (χ0n) is 15.5. The van der Waals surface area contributed by atoms with Gasteiger partial charge in [0.05, 0.1) is 5.69 Å². The van der Waals surface area contributed by atoms with E-state index in [2.05, 4.69) is 36.2 Å². The second-order valence-electron chi connectivity index (χ2n) is 7.59. The minimum atomic E-state index is 0.597. The lowest BCUT2D eigenvalue weighted by Crippen LogP contribution is -2.31. The van der Waals surface area contributed by atoms with Gasteiger partial charge in [-0.3, -0.25) is 9.58 Å². The molecule has 0 unspecified atom stereocenters. The van der Waals surface area contributed by atoms with Crippen LogP contribution >= 0.6 is 0 Å². The van der Waals surface area contributed by atoms with Crippen LogP contribution in [-0.2, 0) is 26.1 Å². The number of rotatable bonds is 4. The predicted octanol–water partition coefficient (Wildman–Crippen LogP) is 3.61. The number of nitrogens with zero attached hydrogens (tertiary/aromatic N) is 5. The first-order valence-electron chi connectivity index (χ1n) is 9.83. The highest BCUT2D eigenvalue weighted by atomic mass is 15.3. The number of aryl methyl sites for hydroxylation is 2. The number of fused-ring (bicyclic) bond motifs is 1. The van der Waals surface area contributed by atoms with Gasteiger partial charge in [0.2, 0.25) is 0 Å². The molecule has 0 N–H and O–H groups in total. The fraction of sp³-hybridized carbons (Fsp3) is 0.650. The first-order valence-corrected chi connectivity index (χ1v) is 9.83. The fourth-order valence-electron chi connectivity index (χ4n) is 4.20. The van der Waals surface area contributed by atoms with Gasteiger partial charge >= 0.3 is 0 Å². The topological polar surface area (TPSA) is 46.8 Å². The SMILES string of the molecule is CCn1cc(CN2CCc3nc(C4CCCCC4)ncc3C2)c(C)n1. The molecule has 2 aliphatic rings. The number of aromatic nitrogens is 4. The summed E-state index contributed by atoms with van der Waals surface area (Å²) in [4.78, 5) is 12.2. The van der Waals surface area contributed by atoms with Gasteiger partial charge in [-0.05, 0) is 26.7 Å². The number of hydrogen-bond donors (Lipinski definition) is 0. The summed E-state index contributed by atoms with van der Waals surface area (Å²) in [5, 5.41) is 4.57. The van der Waals surface area contributed by atoms with E-state index in [0.29, 0.717) is 5.92 Å².